The van der Waals surface area contributed by atoms with Crippen LogP contribution in [-0.4, -0.2) is 29.2 Å². The van der Waals surface area contributed by atoms with Crippen LogP contribution in [0, 0.1) is 5.92 Å². The van der Waals surface area contributed by atoms with E-state index in [-0.39, 0.29) is 0 Å². The van der Waals surface area contributed by atoms with E-state index in [1.54, 1.807) is 6.20 Å². The second-order valence-electron chi connectivity index (χ2n) is 3.66. The fraction of sp³-hybridized carbons (Fsp3) is 0.778. The molecule has 1 rings (SSSR count). The average Bonchev–Trinajstić information content (AvgIpc) is 2.63. The zero-order valence-corrected chi connectivity index (χ0v) is 9.60. The van der Waals surface area contributed by atoms with Crippen molar-refractivity contribution in [1.82, 2.24) is 20.2 Å². The summed E-state index contributed by atoms with van der Waals surface area (Å²) in [5.74, 6) is 0.723. The van der Waals surface area contributed by atoms with Crippen molar-refractivity contribution in [2.45, 2.75) is 20.4 Å². The summed E-state index contributed by atoms with van der Waals surface area (Å²) in [6.45, 7) is 8.40. The molecule has 0 fully saturated rings. The highest BCUT2D eigenvalue weighted by Crippen LogP contribution is 1.99. The minimum atomic E-state index is 0.723. The molecule has 2 N–H and O–H groups in total. The zero-order chi connectivity index (χ0) is 10.2. The summed E-state index contributed by atoms with van der Waals surface area (Å²) in [7, 11) is 0. The molecule has 1 heterocycles. The van der Waals surface area contributed by atoms with Crippen LogP contribution in [0.3, 0.4) is 0 Å². The Hall–Kier alpha value is -0.520. The minimum Gasteiger partial charge on any atom is -0.315 e. The summed E-state index contributed by atoms with van der Waals surface area (Å²) in [6, 6.07) is 0. The smallest absolute Gasteiger partial charge is 0.0666 e. The molecule has 0 saturated heterocycles. The molecule has 0 aromatic carbocycles. The minimum absolute atomic E-state index is 0.723. The predicted octanol–water partition coefficient (Wildman–Crippen LogP) is 0.873. The molecule has 0 radical (unpaired) electrons. The molecule has 14 heavy (non-hydrogen) atoms. The summed E-state index contributed by atoms with van der Waals surface area (Å²) in [4.78, 5) is 1.19. The Bertz CT molecular complexity index is 223. The Balaban J connectivity index is 1.90. The summed E-state index contributed by atoms with van der Waals surface area (Å²) in [5.41, 5.74) is 0. The summed E-state index contributed by atoms with van der Waals surface area (Å²) < 4.78 is 3.80. The van der Waals surface area contributed by atoms with Gasteiger partial charge in [0.2, 0.25) is 0 Å². The van der Waals surface area contributed by atoms with Crippen LogP contribution in [0.1, 0.15) is 18.7 Å². The van der Waals surface area contributed by atoms with Gasteiger partial charge < -0.3 is 10.6 Å². The molecule has 1 aromatic rings. The van der Waals surface area contributed by atoms with Gasteiger partial charge in [0, 0.05) is 19.6 Å². The predicted molar refractivity (Wildman–Crippen MR) is 59.3 cm³/mol. The third-order valence-electron chi connectivity index (χ3n) is 1.74. The summed E-state index contributed by atoms with van der Waals surface area (Å²) >= 11 is 1.45. The molecule has 0 atom stereocenters. The molecule has 0 saturated carbocycles. The highest BCUT2D eigenvalue weighted by atomic mass is 32.1. The molecule has 0 aliphatic heterocycles. The highest BCUT2D eigenvalue weighted by Gasteiger charge is 1.95. The highest BCUT2D eigenvalue weighted by molar-refractivity contribution is 7.05. The van der Waals surface area contributed by atoms with Crippen molar-refractivity contribution in [2.24, 2.45) is 5.92 Å². The third kappa shape index (κ3) is 5.26. The number of nitrogens with zero attached hydrogens (tertiary/aromatic N) is 2. The second-order valence-corrected chi connectivity index (χ2v) is 4.53. The molecule has 4 nitrogen and oxygen atoms in total. The second kappa shape index (κ2) is 6.86. The number of hydrogen-bond acceptors (Lipinski definition) is 5. The molecule has 5 heteroatoms. The lowest BCUT2D eigenvalue weighted by atomic mass is 10.2. The fourth-order valence-electron chi connectivity index (χ4n) is 1.04. The quantitative estimate of drug-likeness (QED) is 0.661. The van der Waals surface area contributed by atoms with Crippen molar-refractivity contribution >= 4 is 11.5 Å². The molecule has 0 aliphatic rings. The monoisotopic (exact) mass is 214 g/mol. The maximum atomic E-state index is 3.80. The first kappa shape index (κ1) is 11.6. The molecule has 0 unspecified atom stereocenters. The van der Waals surface area contributed by atoms with E-state index < -0.39 is 0 Å². The van der Waals surface area contributed by atoms with Crippen LogP contribution in [-0.2, 0) is 6.54 Å². The number of rotatable bonds is 7. The standard InChI is InChI=1S/C9H18N4S/c1-8(2)5-10-3-4-11-6-9-7-12-13-14-9/h7-8,10-11H,3-6H2,1-2H3. The van der Waals surface area contributed by atoms with Crippen LogP contribution in [0.25, 0.3) is 0 Å². The Morgan fingerprint density at radius 2 is 2.14 bits per heavy atom. The van der Waals surface area contributed by atoms with Crippen molar-refractivity contribution in [3.63, 3.8) is 0 Å². The van der Waals surface area contributed by atoms with Crippen LogP contribution in [0.4, 0.5) is 0 Å². The number of hydrogen-bond donors (Lipinski definition) is 2. The van der Waals surface area contributed by atoms with E-state index in [0.717, 1.165) is 32.1 Å². The van der Waals surface area contributed by atoms with Crippen LogP contribution in [0.15, 0.2) is 6.20 Å². The lowest BCUT2D eigenvalue weighted by molar-refractivity contribution is 0.536. The fourth-order valence-corrected chi connectivity index (χ4v) is 1.50. The van der Waals surface area contributed by atoms with Gasteiger partial charge in [0.15, 0.2) is 0 Å². The first-order chi connectivity index (χ1) is 6.79. The van der Waals surface area contributed by atoms with Gasteiger partial charge in [0.1, 0.15) is 0 Å². The van der Waals surface area contributed by atoms with Crippen molar-refractivity contribution < 1.29 is 0 Å². The molecular formula is C9H18N4S. The van der Waals surface area contributed by atoms with Gasteiger partial charge in [-0.1, -0.05) is 18.3 Å². The van der Waals surface area contributed by atoms with E-state index in [9.17, 15) is 0 Å². The van der Waals surface area contributed by atoms with Gasteiger partial charge >= 0.3 is 0 Å². The van der Waals surface area contributed by atoms with Crippen LogP contribution in [0.2, 0.25) is 0 Å². The van der Waals surface area contributed by atoms with Crippen LogP contribution >= 0.6 is 11.5 Å². The van der Waals surface area contributed by atoms with Crippen molar-refractivity contribution in [2.75, 3.05) is 19.6 Å². The van der Waals surface area contributed by atoms with Gasteiger partial charge in [-0.15, -0.1) is 5.10 Å². The van der Waals surface area contributed by atoms with Crippen molar-refractivity contribution in [3.05, 3.63) is 11.1 Å². The van der Waals surface area contributed by atoms with Gasteiger partial charge in [-0.05, 0) is 24.0 Å². The largest absolute Gasteiger partial charge is 0.315 e. The van der Waals surface area contributed by atoms with E-state index in [2.05, 4.69) is 34.1 Å². The lowest BCUT2D eigenvalue weighted by Crippen LogP contribution is -2.29. The van der Waals surface area contributed by atoms with Gasteiger partial charge in [-0.3, -0.25) is 0 Å². The number of nitrogens with one attached hydrogen (secondary N) is 2. The maximum Gasteiger partial charge on any atom is 0.0666 e. The average molecular weight is 214 g/mol. The van der Waals surface area contributed by atoms with Gasteiger partial charge in [-0.2, -0.15) is 0 Å². The van der Waals surface area contributed by atoms with Gasteiger partial charge in [0.05, 0.1) is 11.1 Å². The first-order valence-corrected chi connectivity index (χ1v) is 5.74. The Labute approximate surface area is 89.3 Å². The van der Waals surface area contributed by atoms with E-state index in [0.29, 0.717) is 0 Å². The van der Waals surface area contributed by atoms with Crippen molar-refractivity contribution in [1.29, 1.82) is 0 Å². The maximum absolute atomic E-state index is 3.80. The van der Waals surface area contributed by atoms with E-state index in [1.165, 1.54) is 16.4 Å². The Morgan fingerprint density at radius 1 is 1.36 bits per heavy atom. The first-order valence-electron chi connectivity index (χ1n) is 4.96. The molecule has 0 aliphatic carbocycles. The van der Waals surface area contributed by atoms with Gasteiger partial charge in [-0.25, -0.2) is 0 Å². The lowest BCUT2D eigenvalue weighted by Gasteiger charge is -2.07. The van der Waals surface area contributed by atoms with E-state index in [4.69, 9.17) is 0 Å². The third-order valence-corrected chi connectivity index (χ3v) is 2.40. The molecular weight excluding hydrogens is 196 g/mol. The normalized spacial score (nSPS) is 11.1. The molecule has 80 valence electrons. The summed E-state index contributed by atoms with van der Waals surface area (Å²) in [6.07, 6.45) is 1.80. The van der Waals surface area contributed by atoms with Crippen molar-refractivity contribution in [3.8, 4) is 0 Å². The van der Waals surface area contributed by atoms with Crippen LogP contribution in [0.5, 0.6) is 0 Å². The van der Waals surface area contributed by atoms with E-state index in [1.807, 2.05) is 0 Å². The SMILES string of the molecule is CC(C)CNCCNCc1cnns1. The zero-order valence-electron chi connectivity index (χ0n) is 8.79. The molecule has 0 bridgehead atoms. The van der Waals surface area contributed by atoms with E-state index >= 15 is 0 Å². The Morgan fingerprint density at radius 3 is 2.79 bits per heavy atom. The summed E-state index contributed by atoms with van der Waals surface area (Å²) in [5, 5.41) is 10.5. The topological polar surface area (TPSA) is 49.8 Å². The molecule has 1 aromatic heterocycles. The molecule has 0 spiro atoms. The number of aromatic nitrogens is 2. The van der Waals surface area contributed by atoms with Gasteiger partial charge in [0.25, 0.3) is 0 Å². The Kier molecular flexibility index (Phi) is 5.66. The molecule has 0 amide bonds. The van der Waals surface area contributed by atoms with Crippen LogP contribution < -0.4 is 10.6 Å².